The van der Waals surface area contributed by atoms with Crippen LogP contribution in [0.4, 0.5) is 0 Å². The second kappa shape index (κ2) is 14.1. The van der Waals surface area contributed by atoms with Gasteiger partial charge in [-0.05, 0) is 11.1 Å². The zero-order valence-electron chi connectivity index (χ0n) is 15.5. The summed E-state index contributed by atoms with van der Waals surface area (Å²) >= 11 is 0. The quantitative estimate of drug-likeness (QED) is 0.436. The van der Waals surface area contributed by atoms with Crippen LogP contribution >= 0.6 is 0 Å². The number of fused-ring (bicyclic) bond motifs is 3. The molecule has 0 bridgehead atoms. The van der Waals surface area contributed by atoms with Crippen molar-refractivity contribution in [3.05, 3.63) is 59.7 Å². The standard InChI is InChI=1S/C13H8O.4C2H6/c14-13-11-7-3-1-5-9(11)10-6-2-4-8-12(10)13;4*1-2/h1-8H;4*1-2H3. The fraction of sp³-hybridized carbons (Fsp3) is 0.381. The van der Waals surface area contributed by atoms with Crippen LogP contribution in [0.2, 0.25) is 0 Å². The van der Waals surface area contributed by atoms with E-state index in [1.54, 1.807) is 0 Å². The molecule has 0 saturated heterocycles. The zero-order valence-corrected chi connectivity index (χ0v) is 15.5. The Balaban J connectivity index is 0. The molecule has 0 heterocycles. The van der Waals surface area contributed by atoms with Gasteiger partial charge < -0.3 is 0 Å². The minimum Gasteiger partial charge on any atom is -0.289 e. The SMILES string of the molecule is CC.CC.CC.CC.O=C1c2ccccc2-c2ccccc21. The first-order valence-electron chi connectivity index (χ1n) is 8.61. The molecule has 0 spiro atoms. The molecule has 2 aromatic carbocycles. The summed E-state index contributed by atoms with van der Waals surface area (Å²) < 4.78 is 0. The van der Waals surface area contributed by atoms with Crippen molar-refractivity contribution in [2.75, 3.05) is 0 Å². The number of rotatable bonds is 0. The number of hydrogen-bond acceptors (Lipinski definition) is 1. The van der Waals surface area contributed by atoms with E-state index in [9.17, 15) is 4.79 Å². The van der Waals surface area contributed by atoms with Gasteiger partial charge in [-0.2, -0.15) is 0 Å². The third kappa shape index (κ3) is 5.14. The molecule has 1 aliphatic carbocycles. The summed E-state index contributed by atoms with van der Waals surface area (Å²) in [6, 6.07) is 15.5. The van der Waals surface area contributed by atoms with Gasteiger partial charge in [0.05, 0.1) is 0 Å². The Morgan fingerprint density at radius 2 is 0.682 bits per heavy atom. The lowest BCUT2D eigenvalue weighted by atomic mass is 10.1. The Labute approximate surface area is 137 Å². The average molecular weight is 300 g/mol. The van der Waals surface area contributed by atoms with Crippen LogP contribution in [0.1, 0.15) is 71.3 Å². The van der Waals surface area contributed by atoms with E-state index in [1.165, 1.54) is 0 Å². The Morgan fingerprint density at radius 1 is 0.455 bits per heavy atom. The molecule has 2 aromatic rings. The number of hydrogen-bond donors (Lipinski definition) is 0. The topological polar surface area (TPSA) is 17.1 Å². The fourth-order valence-electron chi connectivity index (χ4n) is 1.98. The van der Waals surface area contributed by atoms with E-state index in [-0.39, 0.29) is 5.78 Å². The van der Waals surface area contributed by atoms with Crippen molar-refractivity contribution in [3.63, 3.8) is 0 Å². The van der Waals surface area contributed by atoms with Crippen LogP contribution in [-0.2, 0) is 0 Å². The van der Waals surface area contributed by atoms with E-state index in [0.717, 1.165) is 22.3 Å². The van der Waals surface area contributed by atoms with Crippen molar-refractivity contribution >= 4 is 5.78 Å². The zero-order chi connectivity index (χ0) is 17.5. The highest BCUT2D eigenvalue weighted by Crippen LogP contribution is 2.35. The molecule has 0 unspecified atom stereocenters. The summed E-state index contributed by atoms with van der Waals surface area (Å²) in [4.78, 5) is 11.9. The van der Waals surface area contributed by atoms with Gasteiger partial charge in [-0.1, -0.05) is 104 Å². The van der Waals surface area contributed by atoms with Gasteiger partial charge in [-0.3, -0.25) is 4.79 Å². The first-order valence-corrected chi connectivity index (χ1v) is 8.61. The largest absolute Gasteiger partial charge is 0.289 e. The van der Waals surface area contributed by atoms with Crippen molar-refractivity contribution in [2.24, 2.45) is 0 Å². The van der Waals surface area contributed by atoms with Crippen molar-refractivity contribution in [2.45, 2.75) is 55.4 Å². The Bertz CT molecular complexity index is 479. The summed E-state index contributed by atoms with van der Waals surface area (Å²) in [5.41, 5.74) is 3.78. The fourth-order valence-corrected chi connectivity index (χ4v) is 1.98. The molecule has 1 nitrogen and oxygen atoms in total. The predicted molar refractivity (Wildman–Crippen MR) is 101 cm³/mol. The molecule has 0 atom stereocenters. The molecule has 0 aliphatic heterocycles. The maximum Gasteiger partial charge on any atom is 0.194 e. The van der Waals surface area contributed by atoms with E-state index in [0.29, 0.717) is 0 Å². The molecule has 122 valence electrons. The number of carbonyl (C=O) groups excluding carboxylic acids is 1. The molecule has 0 saturated carbocycles. The van der Waals surface area contributed by atoms with Gasteiger partial charge in [0.25, 0.3) is 0 Å². The van der Waals surface area contributed by atoms with Crippen molar-refractivity contribution in [1.29, 1.82) is 0 Å². The van der Waals surface area contributed by atoms with Gasteiger partial charge in [-0.15, -0.1) is 0 Å². The Kier molecular flexibility index (Phi) is 14.3. The molecule has 1 heteroatoms. The van der Waals surface area contributed by atoms with E-state index in [2.05, 4.69) is 0 Å². The van der Waals surface area contributed by atoms with E-state index in [1.807, 2.05) is 104 Å². The third-order valence-electron chi connectivity index (χ3n) is 2.63. The molecule has 0 amide bonds. The van der Waals surface area contributed by atoms with Gasteiger partial charge in [0.15, 0.2) is 5.78 Å². The first kappa shape index (κ1) is 22.4. The minimum atomic E-state index is 0.149. The lowest BCUT2D eigenvalue weighted by Gasteiger charge is -1.96. The van der Waals surface area contributed by atoms with Crippen LogP contribution < -0.4 is 0 Å². The highest BCUT2D eigenvalue weighted by atomic mass is 16.1. The molecule has 0 fully saturated rings. The van der Waals surface area contributed by atoms with Crippen LogP contribution in [0.25, 0.3) is 11.1 Å². The molecular formula is C21H32O. The summed E-state index contributed by atoms with van der Waals surface area (Å²) in [5.74, 6) is 0.149. The van der Waals surface area contributed by atoms with Crippen molar-refractivity contribution < 1.29 is 4.79 Å². The number of benzene rings is 2. The molecule has 0 radical (unpaired) electrons. The number of carbonyl (C=O) groups is 1. The van der Waals surface area contributed by atoms with Crippen molar-refractivity contribution in [1.82, 2.24) is 0 Å². The van der Waals surface area contributed by atoms with E-state index >= 15 is 0 Å². The lowest BCUT2D eigenvalue weighted by Crippen LogP contribution is -1.93. The molecule has 0 aromatic heterocycles. The van der Waals surface area contributed by atoms with Crippen LogP contribution in [0.15, 0.2) is 48.5 Å². The highest BCUT2D eigenvalue weighted by molar-refractivity contribution is 6.21. The predicted octanol–water partition coefficient (Wildman–Crippen LogP) is 7.00. The van der Waals surface area contributed by atoms with Gasteiger partial charge in [0, 0.05) is 11.1 Å². The van der Waals surface area contributed by atoms with Crippen LogP contribution in [0.3, 0.4) is 0 Å². The van der Waals surface area contributed by atoms with Gasteiger partial charge in [0.1, 0.15) is 0 Å². The highest BCUT2D eigenvalue weighted by Gasteiger charge is 2.24. The van der Waals surface area contributed by atoms with E-state index in [4.69, 9.17) is 0 Å². The van der Waals surface area contributed by atoms with Gasteiger partial charge in [-0.25, -0.2) is 0 Å². The van der Waals surface area contributed by atoms with Crippen LogP contribution in [0.5, 0.6) is 0 Å². The number of ketones is 1. The molecule has 1 aliphatic rings. The maximum atomic E-state index is 11.9. The smallest absolute Gasteiger partial charge is 0.194 e. The normalized spacial score (nSPS) is 9.00. The Hall–Kier alpha value is -1.89. The Morgan fingerprint density at radius 3 is 0.955 bits per heavy atom. The van der Waals surface area contributed by atoms with Gasteiger partial charge in [0.2, 0.25) is 0 Å². The van der Waals surface area contributed by atoms with Crippen LogP contribution in [0, 0.1) is 0 Å². The second-order valence-corrected chi connectivity index (χ2v) is 3.42. The average Bonchev–Trinajstić information content (AvgIpc) is 2.95. The lowest BCUT2D eigenvalue weighted by molar-refractivity contribution is 0.104. The monoisotopic (exact) mass is 300 g/mol. The van der Waals surface area contributed by atoms with E-state index < -0.39 is 0 Å². The van der Waals surface area contributed by atoms with Crippen LogP contribution in [-0.4, -0.2) is 5.78 Å². The molecular weight excluding hydrogens is 268 g/mol. The molecule has 3 rings (SSSR count). The maximum absolute atomic E-state index is 11.9. The minimum absolute atomic E-state index is 0.149. The molecule has 22 heavy (non-hydrogen) atoms. The summed E-state index contributed by atoms with van der Waals surface area (Å²) in [6.45, 7) is 16.0. The summed E-state index contributed by atoms with van der Waals surface area (Å²) in [5, 5.41) is 0. The summed E-state index contributed by atoms with van der Waals surface area (Å²) in [7, 11) is 0. The van der Waals surface area contributed by atoms with Gasteiger partial charge >= 0.3 is 0 Å². The van der Waals surface area contributed by atoms with Crippen molar-refractivity contribution in [3.8, 4) is 11.1 Å². The second-order valence-electron chi connectivity index (χ2n) is 3.42. The summed E-state index contributed by atoms with van der Waals surface area (Å²) in [6.07, 6.45) is 0. The third-order valence-corrected chi connectivity index (χ3v) is 2.63. The molecule has 0 N–H and O–H groups in total. The first-order chi connectivity index (χ1) is 10.9.